The number of benzene rings is 2. The Morgan fingerprint density at radius 3 is 2.45 bits per heavy atom. The van der Waals surface area contributed by atoms with E-state index < -0.39 is 23.3 Å². The Balaban J connectivity index is 1.66. The summed E-state index contributed by atoms with van der Waals surface area (Å²) < 4.78 is 6.95. The quantitative estimate of drug-likeness (QED) is 0.260. The zero-order chi connectivity index (χ0) is 28.8. The molecule has 0 spiro atoms. The molecule has 1 saturated heterocycles. The number of piperidine rings is 1. The highest BCUT2D eigenvalue weighted by molar-refractivity contribution is 7.22. The average molecular weight is 581 g/mol. The van der Waals surface area contributed by atoms with E-state index in [1.807, 2.05) is 58.9 Å². The standard InChI is InChI=1S/C30H33ClN4O4S/c1-17-16-21-25(23(18-6-8-19(31)9-7-18)22(17)24(27(36)37)39-29(2,3)4)40-26(33-21)20-10-13-32-28(34-20)35-14-11-30(5,38)12-15-35/h6-10,13,16,24,38H,11-12,14-15H2,1-5H3,(H,36,37)/t24-/m0/s1. The molecule has 40 heavy (non-hydrogen) atoms. The number of hydrogen-bond acceptors (Lipinski definition) is 8. The van der Waals surface area contributed by atoms with Crippen LogP contribution in [0.3, 0.4) is 0 Å². The van der Waals surface area contributed by atoms with E-state index in [1.54, 1.807) is 18.3 Å². The van der Waals surface area contributed by atoms with Crippen molar-refractivity contribution in [2.24, 2.45) is 0 Å². The maximum absolute atomic E-state index is 12.6. The molecule has 1 fully saturated rings. The number of carbonyl (C=O) groups is 1. The number of ether oxygens (including phenoxy) is 1. The van der Waals surface area contributed by atoms with Gasteiger partial charge in [-0.1, -0.05) is 23.7 Å². The third-order valence-corrected chi connectivity index (χ3v) is 8.37. The Morgan fingerprint density at radius 2 is 1.82 bits per heavy atom. The monoisotopic (exact) mass is 580 g/mol. The van der Waals surface area contributed by atoms with Gasteiger partial charge in [-0.05, 0) is 82.9 Å². The molecule has 0 bridgehead atoms. The van der Waals surface area contributed by atoms with Gasteiger partial charge in [0.2, 0.25) is 5.95 Å². The van der Waals surface area contributed by atoms with Crippen molar-refractivity contribution in [3.63, 3.8) is 0 Å². The molecule has 0 saturated carbocycles. The number of aliphatic hydroxyl groups is 1. The molecule has 0 unspecified atom stereocenters. The van der Waals surface area contributed by atoms with Crippen LogP contribution in [0.4, 0.5) is 5.95 Å². The fourth-order valence-electron chi connectivity index (χ4n) is 4.96. The topological polar surface area (TPSA) is 109 Å². The molecular formula is C30H33ClN4O4S. The largest absolute Gasteiger partial charge is 0.479 e. The molecule has 2 aromatic heterocycles. The van der Waals surface area contributed by atoms with Crippen molar-refractivity contribution in [2.75, 3.05) is 18.0 Å². The molecule has 2 aromatic carbocycles. The number of aromatic nitrogens is 3. The van der Waals surface area contributed by atoms with Crippen LogP contribution in [-0.2, 0) is 9.53 Å². The van der Waals surface area contributed by atoms with Crippen LogP contribution in [0.1, 0.15) is 57.8 Å². The first-order valence-corrected chi connectivity index (χ1v) is 14.4. The summed E-state index contributed by atoms with van der Waals surface area (Å²) in [4.78, 5) is 28.9. The lowest BCUT2D eigenvalue weighted by atomic mass is 9.91. The zero-order valence-electron chi connectivity index (χ0n) is 23.2. The number of rotatable bonds is 6. The van der Waals surface area contributed by atoms with E-state index in [4.69, 9.17) is 26.3 Å². The molecule has 210 valence electrons. The van der Waals surface area contributed by atoms with Crippen LogP contribution in [0.2, 0.25) is 5.02 Å². The molecule has 5 rings (SSSR count). The number of carboxylic acids is 1. The summed E-state index contributed by atoms with van der Waals surface area (Å²) >= 11 is 7.67. The van der Waals surface area contributed by atoms with Crippen molar-refractivity contribution in [2.45, 2.75) is 64.8 Å². The third-order valence-electron chi connectivity index (χ3n) is 7.00. The summed E-state index contributed by atoms with van der Waals surface area (Å²) in [7, 11) is 0. The van der Waals surface area contributed by atoms with Crippen molar-refractivity contribution in [1.82, 2.24) is 15.0 Å². The first kappa shape index (κ1) is 28.4. The van der Waals surface area contributed by atoms with Gasteiger partial charge in [-0.2, -0.15) is 0 Å². The lowest BCUT2D eigenvalue weighted by molar-refractivity contribution is -0.160. The minimum absolute atomic E-state index is 0.590. The number of thiazole rings is 1. The first-order valence-electron chi connectivity index (χ1n) is 13.2. The van der Waals surface area contributed by atoms with Gasteiger partial charge in [0.05, 0.1) is 21.4 Å². The Kier molecular flexibility index (Phi) is 7.60. The van der Waals surface area contributed by atoms with Crippen molar-refractivity contribution < 1.29 is 19.7 Å². The first-order chi connectivity index (χ1) is 18.8. The summed E-state index contributed by atoms with van der Waals surface area (Å²) in [5.41, 5.74) is 3.05. The van der Waals surface area contributed by atoms with Gasteiger partial charge in [0.15, 0.2) is 6.10 Å². The number of hydrogen-bond donors (Lipinski definition) is 2. The van der Waals surface area contributed by atoms with Crippen LogP contribution in [0, 0.1) is 6.92 Å². The number of anilines is 1. The number of aliphatic carboxylic acids is 1. The molecule has 8 nitrogen and oxygen atoms in total. The lowest BCUT2D eigenvalue weighted by Gasteiger charge is -2.35. The van der Waals surface area contributed by atoms with Gasteiger partial charge >= 0.3 is 5.97 Å². The van der Waals surface area contributed by atoms with E-state index in [0.29, 0.717) is 53.2 Å². The van der Waals surface area contributed by atoms with Gasteiger partial charge in [0.25, 0.3) is 0 Å². The van der Waals surface area contributed by atoms with Crippen LogP contribution in [-0.4, -0.2) is 55.4 Å². The average Bonchev–Trinajstić information content (AvgIpc) is 3.30. The van der Waals surface area contributed by atoms with E-state index in [-0.39, 0.29) is 0 Å². The Labute approximate surface area is 242 Å². The molecule has 4 aromatic rings. The molecule has 1 atom stereocenters. The van der Waals surface area contributed by atoms with Crippen molar-refractivity contribution in [3.05, 3.63) is 58.7 Å². The van der Waals surface area contributed by atoms with Gasteiger partial charge in [-0.25, -0.2) is 19.7 Å². The smallest absolute Gasteiger partial charge is 0.337 e. The number of nitrogens with zero attached hydrogens (tertiary/aromatic N) is 4. The molecule has 3 heterocycles. The summed E-state index contributed by atoms with van der Waals surface area (Å²) in [5, 5.41) is 21.9. The molecule has 1 aliphatic heterocycles. The molecule has 2 N–H and O–H groups in total. The second-order valence-corrected chi connectivity index (χ2v) is 13.0. The highest BCUT2D eigenvalue weighted by Crippen LogP contribution is 2.44. The Hall–Kier alpha value is -3.11. The molecule has 0 aliphatic carbocycles. The van der Waals surface area contributed by atoms with Gasteiger partial charge in [0, 0.05) is 35.4 Å². The van der Waals surface area contributed by atoms with E-state index in [2.05, 4.69) is 9.88 Å². The maximum Gasteiger partial charge on any atom is 0.337 e. The molecule has 10 heteroatoms. The Bertz CT molecular complexity index is 1550. The van der Waals surface area contributed by atoms with Crippen LogP contribution in [0.25, 0.3) is 32.0 Å². The summed E-state index contributed by atoms with van der Waals surface area (Å²) in [6.45, 7) is 10.6. The summed E-state index contributed by atoms with van der Waals surface area (Å²) in [6.07, 6.45) is 1.85. The number of fused-ring (bicyclic) bond motifs is 1. The minimum Gasteiger partial charge on any atom is -0.479 e. The van der Waals surface area contributed by atoms with Gasteiger partial charge in [-0.15, -0.1) is 11.3 Å². The molecule has 0 amide bonds. The molecular weight excluding hydrogens is 548 g/mol. The predicted molar refractivity (Wildman–Crippen MR) is 159 cm³/mol. The second kappa shape index (κ2) is 10.7. The van der Waals surface area contributed by atoms with E-state index in [1.165, 1.54) is 11.3 Å². The normalized spacial score (nSPS) is 16.3. The highest BCUT2D eigenvalue weighted by atomic mass is 35.5. The van der Waals surface area contributed by atoms with Crippen molar-refractivity contribution in [3.8, 4) is 21.8 Å². The molecule has 0 radical (unpaired) electrons. The predicted octanol–water partition coefficient (Wildman–Crippen LogP) is 6.67. The van der Waals surface area contributed by atoms with E-state index in [9.17, 15) is 15.0 Å². The fourth-order valence-corrected chi connectivity index (χ4v) is 6.18. The minimum atomic E-state index is -1.18. The number of aryl methyl sites for hydroxylation is 1. The van der Waals surface area contributed by atoms with Crippen LogP contribution in [0.5, 0.6) is 0 Å². The van der Waals surface area contributed by atoms with Gasteiger partial charge in [-0.3, -0.25) is 0 Å². The summed E-state index contributed by atoms with van der Waals surface area (Å²) in [6, 6.07) is 11.1. The summed E-state index contributed by atoms with van der Waals surface area (Å²) in [5.74, 6) is -0.454. The van der Waals surface area contributed by atoms with Crippen LogP contribution >= 0.6 is 22.9 Å². The van der Waals surface area contributed by atoms with Crippen LogP contribution in [0.15, 0.2) is 42.6 Å². The zero-order valence-corrected chi connectivity index (χ0v) is 24.8. The highest BCUT2D eigenvalue weighted by Gasteiger charge is 2.33. The lowest BCUT2D eigenvalue weighted by Crippen LogP contribution is -2.43. The maximum atomic E-state index is 12.6. The van der Waals surface area contributed by atoms with E-state index in [0.717, 1.165) is 26.9 Å². The number of carboxylic acid groups (broad SMARTS) is 1. The van der Waals surface area contributed by atoms with Gasteiger partial charge in [0.1, 0.15) is 10.7 Å². The van der Waals surface area contributed by atoms with Crippen LogP contribution < -0.4 is 4.90 Å². The molecule has 1 aliphatic rings. The fraction of sp³-hybridized carbons (Fsp3) is 0.400. The second-order valence-electron chi connectivity index (χ2n) is 11.5. The Morgan fingerprint density at radius 1 is 1.15 bits per heavy atom. The SMILES string of the molecule is Cc1cc2nc(-c3ccnc(N4CCC(C)(O)CC4)n3)sc2c(-c2ccc(Cl)cc2)c1[C@H](OC(C)(C)C)C(=O)O. The van der Waals surface area contributed by atoms with Gasteiger partial charge < -0.3 is 19.8 Å². The van der Waals surface area contributed by atoms with Crippen molar-refractivity contribution in [1.29, 1.82) is 0 Å². The third kappa shape index (κ3) is 5.98. The van der Waals surface area contributed by atoms with Crippen molar-refractivity contribution >= 4 is 45.1 Å². The number of halogens is 1. The van der Waals surface area contributed by atoms with E-state index >= 15 is 0 Å².